The van der Waals surface area contributed by atoms with Gasteiger partial charge in [0.25, 0.3) is 0 Å². The molecule has 1 saturated heterocycles. The number of piperidine rings is 1. The molecule has 144 valence electrons. The number of carbonyl (C=O) groups excluding carboxylic acids is 1. The Labute approximate surface area is 166 Å². The van der Waals surface area contributed by atoms with Crippen molar-refractivity contribution >= 4 is 17.6 Å². The summed E-state index contributed by atoms with van der Waals surface area (Å²) >= 11 is 5.92. The Balaban J connectivity index is 1.49. The van der Waals surface area contributed by atoms with E-state index in [1.54, 1.807) is 6.92 Å². The van der Waals surface area contributed by atoms with Crippen molar-refractivity contribution in [2.45, 2.75) is 38.4 Å². The first kappa shape index (κ1) is 19.7. The zero-order valence-electron chi connectivity index (χ0n) is 15.9. The van der Waals surface area contributed by atoms with Gasteiger partial charge in [-0.15, -0.1) is 0 Å². The van der Waals surface area contributed by atoms with Gasteiger partial charge < -0.3 is 14.4 Å². The largest absolute Gasteiger partial charge is 0.479 e. The van der Waals surface area contributed by atoms with E-state index in [-0.39, 0.29) is 12.1 Å². The Morgan fingerprint density at radius 3 is 2.22 bits per heavy atom. The Morgan fingerprint density at radius 2 is 1.63 bits per heavy atom. The van der Waals surface area contributed by atoms with Gasteiger partial charge in [-0.3, -0.25) is 0 Å². The van der Waals surface area contributed by atoms with Gasteiger partial charge in [-0.05, 0) is 68.6 Å². The molecule has 1 unspecified atom stereocenters. The highest BCUT2D eigenvalue weighted by Gasteiger charge is 2.24. The first-order valence-electron chi connectivity index (χ1n) is 9.38. The SMILES string of the molecule is CC(Oc1ccc(Cc2ccc(Cl)cc2)cc1)C(=O)OC1CCN(C)CC1. The molecule has 2 aromatic rings. The Hall–Kier alpha value is -2.04. The quantitative estimate of drug-likeness (QED) is 0.691. The van der Waals surface area contributed by atoms with Crippen LogP contribution in [0.5, 0.6) is 5.75 Å². The second kappa shape index (κ2) is 9.25. The summed E-state index contributed by atoms with van der Waals surface area (Å²) in [5.41, 5.74) is 2.37. The van der Waals surface area contributed by atoms with Crippen LogP contribution in [0.4, 0.5) is 0 Å². The van der Waals surface area contributed by atoms with Gasteiger partial charge in [0.2, 0.25) is 0 Å². The van der Waals surface area contributed by atoms with E-state index in [1.807, 2.05) is 48.5 Å². The lowest BCUT2D eigenvalue weighted by Crippen LogP contribution is -2.38. The topological polar surface area (TPSA) is 38.8 Å². The lowest BCUT2D eigenvalue weighted by molar-refractivity contribution is -0.158. The van der Waals surface area contributed by atoms with Crippen molar-refractivity contribution < 1.29 is 14.3 Å². The summed E-state index contributed by atoms with van der Waals surface area (Å²) < 4.78 is 11.3. The van der Waals surface area contributed by atoms with Crippen LogP contribution < -0.4 is 4.74 Å². The number of esters is 1. The molecule has 0 aromatic heterocycles. The molecular weight excluding hydrogens is 362 g/mol. The van der Waals surface area contributed by atoms with E-state index < -0.39 is 6.10 Å². The predicted molar refractivity (Wildman–Crippen MR) is 107 cm³/mol. The second-order valence-corrected chi connectivity index (χ2v) is 7.58. The number of benzene rings is 2. The maximum absolute atomic E-state index is 12.3. The average molecular weight is 388 g/mol. The van der Waals surface area contributed by atoms with Crippen LogP contribution in [0, 0.1) is 0 Å². The van der Waals surface area contributed by atoms with Crippen LogP contribution in [0.1, 0.15) is 30.9 Å². The highest BCUT2D eigenvalue weighted by Crippen LogP contribution is 2.19. The van der Waals surface area contributed by atoms with E-state index >= 15 is 0 Å². The van der Waals surface area contributed by atoms with Crippen molar-refractivity contribution in [3.63, 3.8) is 0 Å². The molecule has 1 aliphatic rings. The number of rotatable bonds is 6. The van der Waals surface area contributed by atoms with Crippen molar-refractivity contribution in [3.05, 3.63) is 64.7 Å². The molecule has 3 rings (SSSR count). The molecule has 1 atom stereocenters. The molecule has 5 heteroatoms. The molecule has 4 nitrogen and oxygen atoms in total. The molecule has 0 amide bonds. The normalized spacial score (nSPS) is 16.7. The van der Waals surface area contributed by atoms with Gasteiger partial charge in [-0.25, -0.2) is 4.79 Å². The van der Waals surface area contributed by atoms with Crippen molar-refractivity contribution in [1.29, 1.82) is 0 Å². The number of carbonyl (C=O) groups is 1. The van der Waals surface area contributed by atoms with E-state index in [1.165, 1.54) is 11.1 Å². The molecule has 0 aliphatic carbocycles. The first-order chi connectivity index (χ1) is 13.0. The summed E-state index contributed by atoms with van der Waals surface area (Å²) in [4.78, 5) is 14.5. The fourth-order valence-electron chi connectivity index (χ4n) is 3.14. The molecule has 1 aliphatic heterocycles. The summed E-state index contributed by atoms with van der Waals surface area (Å²) in [6.45, 7) is 3.66. The lowest BCUT2D eigenvalue weighted by atomic mass is 10.1. The van der Waals surface area contributed by atoms with E-state index in [9.17, 15) is 4.79 Å². The zero-order valence-corrected chi connectivity index (χ0v) is 16.6. The number of halogens is 1. The van der Waals surface area contributed by atoms with Gasteiger partial charge in [-0.1, -0.05) is 35.9 Å². The number of hydrogen-bond donors (Lipinski definition) is 0. The molecule has 0 N–H and O–H groups in total. The van der Waals surface area contributed by atoms with Crippen molar-refractivity contribution in [1.82, 2.24) is 4.90 Å². The van der Waals surface area contributed by atoms with Gasteiger partial charge >= 0.3 is 5.97 Å². The molecule has 1 heterocycles. The predicted octanol–water partition coefficient (Wildman–Crippen LogP) is 4.34. The van der Waals surface area contributed by atoms with Crippen molar-refractivity contribution in [3.8, 4) is 5.75 Å². The summed E-state index contributed by atoms with van der Waals surface area (Å²) in [7, 11) is 2.08. The summed E-state index contributed by atoms with van der Waals surface area (Å²) in [5, 5.41) is 0.739. The van der Waals surface area contributed by atoms with Crippen LogP contribution in [0.15, 0.2) is 48.5 Å². The van der Waals surface area contributed by atoms with Crippen LogP contribution in [0.3, 0.4) is 0 Å². The number of hydrogen-bond acceptors (Lipinski definition) is 4. The van der Waals surface area contributed by atoms with Gasteiger partial charge in [0.15, 0.2) is 6.10 Å². The molecule has 0 bridgehead atoms. The standard InChI is InChI=1S/C22H26ClNO3/c1-16(22(25)27-21-11-13-24(2)14-12-21)26-20-9-5-18(6-10-20)15-17-3-7-19(23)8-4-17/h3-10,16,21H,11-15H2,1-2H3. The van der Waals surface area contributed by atoms with E-state index in [2.05, 4.69) is 11.9 Å². The minimum Gasteiger partial charge on any atom is -0.479 e. The zero-order chi connectivity index (χ0) is 19.2. The monoisotopic (exact) mass is 387 g/mol. The van der Waals surface area contributed by atoms with Crippen LogP contribution in [0.2, 0.25) is 5.02 Å². The third-order valence-electron chi connectivity index (χ3n) is 4.84. The van der Waals surface area contributed by atoms with Gasteiger partial charge in [0.1, 0.15) is 11.9 Å². The number of ether oxygens (including phenoxy) is 2. The first-order valence-corrected chi connectivity index (χ1v) is 9.76. The smallest absolute Gasteiger partial charge is 0.347 e. The van der Waals surface area contributed by atoms with E-state index in [0.717, 1.165) is 37.4 Å². The maximum atomic E-state index is 12.3. The Morgan fingerprint density at radius 1 is 1.07 bits per heavy atom. The maximum Gasteiger partial charge on any atom is 0.347 e. The van der Waals surface area contributed by atoms with E-state index in [0.29, 0.717) is 5.75 Å². The van der Waals surface area contributed by atoms with Gasteiger partial charge in [0.05, 0.1) is 0 Å². The number of likely N-dealkylation sites (tertiary alicyclic amines) is 1. The van der Waals surface area contributed by atoms with Crippen molar-refractivity contribution in [2.75, 3.05) is 20.1 Å². The molecular formula is C22H26ClNO3. The van der Waals surface area contributed by atoms with Gasteiger partial charge in [-0.2, -0.15) is 0 Å². The Bertz CT molecular complexity index is 737. The van der Waals surface area contributed by atoms with Gasteiger partial charge in [0, 0.05) is 18.1 Å². The second-order valence-electron chi connectivity index (χ2n) is 7.15. The Kier molecular flexibility index (Phi) is 6.75. The summed E-state index contributed by atoms with van der Waals surface area (Å²) in [5.74, 6) is 0.373. The molecule has 1 fully saturated rings. The molecule has 0 saturated carbocycles. The van der Waals surface area contributed by atoms with Crippen molar-refractivity contribution in [2.24, 2.45) is 0 Å². The number of nitrogens with zero attached hydrogens (tertiary/aromatic N) is 1. The highest BCUT2D eigenvalue weighted by molar-refractivity contribution is 6.30. The lowest BCUT2D eigenvalue weighted by Gasteiger charge is -2.29. The summed E-state index contributed by atoms with van der Waals surface area (Å²) in [6.07, 6.45) is 1.97. The average Bonchev–Trinajstić information content (AvgIpc) is 2.67. The molecule has 27 heavy (non-hydrogen) atoms. The summed E-state index contributed by atoms with van der Waals surface area (Å²) in [6, 6.07) is 15.6. The molecule has 0 spiro atoms. The van der Waals surface area contributed by atoms with Crippen LogP contribution >= 0.6 is 11.6 Å². The third-order valence-corrected chi connectivity index (χ3v) is 5.09. The van der Waals surface area contributed by atoms with Crippen LogP contribution in [0.25, 0.3) is 0 Å². The van der Waals surface area contributed by atoms with Crippen LogP contribution in [-0.2, 0) is 16.0 Å². The minimum absolute atomic E-state index is 0.00139. The minimum atomic E-state index is -0.619. The third kappa shape index (κ3) is 5.98. The molecule has 2 aromatic carbocycles. The van der Waals surface area contributed by atoms with E-state index in [4.69, 9.17) is 21.1 Å². The highest BCUT2D eigenvalue weighted by atomic mass is 35.5. The van der Waals surface area contributed by atoms with Crippen LogP contribution in [-0.4, -0.2) is 43.2 Å². The fourth-order valence-corrected chi connectivity index (χ4v) is 3.26. The molecule has 0 radical (unpaired) electrons. The fraction of sp³-hybridized carbons (Fsp3) is 0.409.